The Morgan fingerprint density at radius 2 is 1.90 bits per heavy atom. The van der Waals surface area contributed by atoms with Gasteiger partial charge in [-0.05, 0) is 63.6 Å². The number of nitrogens with zero attached hydrogens (tertiary/aromatic N) is 2. The van der Waals surface area contributed by atoms with Gasteiger partial charge in [0.1, 0.15) is 15.0 Å². The van der Waals surface area contributed by atoms with Gasteiger partial charge in [-0.25, -0.2) is 0 Å². The fourth-order valence-electron chi connectivity index (χ4n) is 4.08. The van der Waals surface area contributed by atoms with Crippen LogP contribution in [0.2, 0.25) is 0 Å². The Morgan fingerprint density at radius 3 is 2.59 bits per heavy atom. The van der Waals surface area contributed by atoms with Crippen molar-refractivity contribution < 1.29 is 9.53 Å². The molecule has 2 heterocycles. The third-order valence-corrected chi connectivity index (χ3v) is 8.14. The molecule has 0 unspecified atom stereocenters. The van der Waals surface area contributed by atoms with Gasteiger partial charge in [-0.3, -0.25) is 9.69 Å². The van der Waals surface area contributed by atoms with E-state index in [-0.39, 0.29) is 5.91 Å². The summed E-state index contributed by atoms with van der Waals surface area (Å²) >= 11 is 8.55. The van der Waals surface area contributed by atoms with Crippen LogP contribution in [-0.2, 0) is 22.4 Å². The number of hydrogen-bond acceptors (Lipinski definition) is 6. The number of hydrogen-bond donors (Lipinski definition) is 0. The Balaban J connectivity index is 1.75. The minimum absolute atomic E-state index is 0.0521. The highest BCUT2D eigenvalue weighted by Crippen LogP contribution is 2.50. The number of carbonyl (C=O) groups excluding carboxylic acids is 1. The van der Waals surface area contributed by atoms with Crippen LogP contribution in [0, 0.1) is 0 Å². The number of amides is 1. The lowest BCUT2D eigenvalue weighted by Crippen LogP contribution is -2.27. The Labute approximate surface area is 186 Å². The largest absolute Gasteiger partial charge is 0.492 e. The molecular formula is C22H26N2O2S3. The summed E-state index contributed by atoms with van der Waals surface area (Å²) in [5, 5.41) is 1.12. The maximum Gasteiger partial charge on any atom is 0.269 e. The summed E-state index contributed by atoms with van der Waals surface area (Å²) in [6.45, 7) is 8.02. The van der Waals surface area contributed by atoms with Crippen molar-refractivity contribution in [2.45, 2.75) is 51.3 Å². The molecule has 1 aromatic carbocycles. The van der Waals surface area contributed by atoms with E-state index in [2.05, 4.69) is 24.0 Å². The smallest absolute Gasteiger partial charge is 0.269 e. The molecule has 7 heteroatoms. The Hall–Kier alpha value is -1.44. The summed E-state index contributed by atoms with van der Waals surface area (Å²) in [4.78, 5) is 18.8. The molecule has 0 saturated carbocycles. The van der Waals surface area contributed by atoms with Crippen molar-refractivity contribution in [3.63, 3.8) is 0 Å². The van der Waals surface area contributed by atoms with Crippen LogP contribution in [-0.4, -0.2) is 34.8 Å². The summed E-state index contributed by atoms with van der Waals surface area (Å²) in [6.07, 6.45) is 6.92. The van der Waals surface area contributed by atoms with Gasteiger partial charge >= 0.3 is 0 Å². The molecule has 1 amide bonds. The van der Waals surface area contributed by atoms with E-state index in [1.807, 2.05) is 31.7 Å². The molecule has 0 N–H and O–H groups in total. The molecule has 4 rings (SSSR count). The molecule has 1 aromatic rings. The second-order valence-corrected chi connectivity index (χ2v) is 9.81. The molecule has 0 radical (unpaired) electrons. The summed E-state index contributed by atoms with van der Waals surface area (Å²) in [6, 6.07) is 4.56. The van der Waals surface area contributed by atoms with Crippen LogP contribution in [0.25, 0.3) is 0 Å². The van der Waals surface area contributed by atoms with Crippen LogP contribution in [0.15, 0.2) is 38.8 Å². The minimum atomic E-state index is -0.0521. The average Bonchev–Trinajstić information content (AvgIpc) is 3.23. The molecule has 0 spiro atoms. The lowest BCUT2D eigenvalue weighted by atomic mass is 9.91. The number of fused-ring (bicyclic) bond motifs is 3. The molecule has 1 aliphatic carbocycles. The van der Waals surface area contributed by atoms with E-state index >= 15 is 0 Å². The van der Waals surface area contributed by atoms with E-state index in [1.165, 1.54) is 52.7 Å². The summed E-state index contributed by atoms with van der Waals surface area (Å²) < 4.78 is 6.54. The zero-order valence-electron chi connectivity index (χ0n) is 17.1. The Kier molecular flexibility index (Phi) is 6.27. The van der Waals surface area contributed by atoms with E-state index in [0.717, 1.165) is 18.0 Å². The molecule has 2 aliphatic heterocycles. The van der Waals surface area contributed by atoms with Crippen LogP contribution >= 0.6 is 35.7 Å². The third-order valence-electron chi connectivity index (χ3n) is 5.48. The molecule has 3 aliphatic rings. The Morgan fingerprint density at radius 1 is 1.14 bits per heavy atom. The maximum absolute atomic E-state index is 12.8. The van der Waals surface area contributed by atoms with Crippen molar-refractivity contribution in [3.8, 4) is 0 Å². The second kappa shape index (κ2) is 8.74. The first-order chi connectivity index (χ1) is 14.1. The highest BCUT2D eigenvalue weighted by atomic mass is 32.2. The molecule has 0 atom stereocenters. The van der Waals surface area contributed by atoms with Gasteiger partial charge in [0.05, 0.1) is 17.3 Å². The normalized spacial score (nSPS) is 21.7. The van der Waals surface area contributed by atoms with E-state index < -0.39 is 0 Å². The second-order valence-electron chi connectivity index (χ2n) is 7.13. The number of thiocarbonyl (C=S) groups is 1. The predicted molar refractivity (Wildman–Crippen MR) is 126 cm³/mol. The zero-order valence-corrected chi connectivity index (χ0v) is 19.6. The van der Waals surface area contributed by atoms with Crippen molar-refractivity contribution in [2.24, 2.45) is 0 Å². The fraction of sp³-hybridized carbons (Fsp3) is 0.455. The SMILES string of the molecule is CCOC(/C=C1\Sc2c(ccc3c2CCCC3)N1CC)=C1/SC(=S)N(CC)C1=O. The molecule has 29 heavy (non-hydrogen) atoms. The first-order valence-electron chi connectivity index (χ1n) is 10.3. The zero-order chi connectivity index (χ0) is 20.5. The predicted octanol–water partition coefficient (Wildman–Crippen LogP) is 5.47. The molecule has 0 bridgehead atoms. The third kappa shape index (κ3) is 3.73. The summed E-state index contributed by atoms with van der Waals surface area (Å²) in [5.41, 5.74) is 4.28. The van der Waals surface area contributed by atoms with Gasteiger partial charge in [-0.2, -0.15) is 0 Å². The lowest BCUT2D eigenvalue weighted by molar-refractivity contribution is -0.122. The number of rotatable bonds is 5. The minimum Gasteiger partial charge on any atom is -0.492 e. The number of ether oxygens (including phenoxy) is 1. The van der Waals surface area contributed by atoms with Crippen molar-refractivity contribution in [1.82, 2.24) is 4.90 Å². The van der Waals surface area contributed by atoms with Gasteiger partial charge in [0.25, 0.3) is 5.91 Å². The van der Waals surface area contributed by atoms with Gasteiger partial charge in [0.15, 0.2) is 0 Å². The molecular weight excluding hydrogens is 420 g/mol. The number of thioether (sulfide) groups is 2. The molecule has 1 fully saturated rings. The lowest BCUT2D eigenvalue weighted by Gasteiger charge is -2.21. The highest BCUT2D eigenvalue weighted by Gasteiger charge is 2.35. The van der Waals surface area contributed by atoms with Gasteiger partial charge in [0.2, 0.25) is 0 Å². The first kappa shape index (κ1) is 20.8. The van der Waals surface area contributed by atoms with Gasteiger partial charge in [-0.1, -0.05) is 41.8 Å². The van der Waals surface area contributed by atoms with E-state index in [4.69, 9.17) is 17.0 Å². The van der Waals surface area contributed by atoms with Crippen molar-refractivity contribution in [2.75, 3.05) is 24.6 Å². The van der Waals surface area contributed by atoms with Gasteiger partial charge < -0.3 is 9.64 Å². The van der Waals surface area contributed by atoms with E-state index in [1.54, 1.807) is 4.90 Å². The van der Waals surface area contributed by atoms with Crippen LogP contribution < -0.4 is 4.90 Å². The first-order valence-corrected chi connectivity index (χ1v) is 12.4. The number of anilines is 1. The molecule has 1 saturated heterocycles. The van der Waals surface area contributed by atoms with E-state index in [9.17, 15) is 4.79 Å². The number of allylic oxidation sites excluding steroid dienone is 1. The molecule has 0 aromatic heterocycles. The average molecular weight is 447 g/mol. The van der Waals surface area contributed by atoms with Gasteiger partial charge in [0, 0.05) is 24.1 Å². The topological polar surface area (TPSA) is 32.8 Å². The molecule has 4 nitrogen and oxygen atoms in total. The fourth-order valence-corrected chi connectivity index (χ4v) is 6.81. The van der Waals surface area contributed by atoms with Crippen molar-refractivity contribution in [1.29, 1.82) is 0 Å². The summed E-state index contributed by atoms with van der Waals surface area (Å²) in [5.74, 6) is 0.576. The van der Waals surface area contributed by atoms with Crippen molar-refractivity contribution >= 4 is 51.7 Å². The standard InChI is InChI=1S/C22H26N2O2S3/c1-4-23-16-12-11-14-9-7-8-10-15(14)19(16)28-18(23)13-17(26-6-3)20-21(25)24(5-2)22(27)29-20/h11-13H,4-10H2,1-3H3/b18-13-,20-17+. The number of carbonyl (C=O) groups is 1. The van der Waals surface area contributed by atoms with Crippen LogP contribution in [0.1, 0.15) is 44.7 Å². The number of likely N-dealkylation sites (N-methyl/N-ethyl adjacent to an activating group) is 1. The van der Waals surface area contributed by atoms with Crippen molar-refractivity contribution in [3.05, 3.63) is 45.0 Å². The van der Waals surface area contributed by atoms with E-state index in [0.29, 0.717) is 28.1 Å². The summed E-state index contributed by atoms with van der Waals surface area (Å²) in [7, 11) is 0. The maximum atomic E-state index is 12.8. The monoisotopic (exact) mass is 446 g/mol. The van der Waals surface area contributed by atoms with Crippen LogP contribution in [0.3, 0.4) is 0 Å². The number of aryl methyl sites for hydroxylation is 1. The van der Waals surface area contributed by atoms with Gasteiger partial charge in [-0.15, -0.1) is 0 Å². The van der Waals surface area contributed by atoms with Crippen LogP contribution in [0.4, 0.5) is 5.69 Å². The number of benzene rings is 1. The Bertz CT molecular complexity index is 923. The van der Waals surface area contributed by atoms with Crippen LogP contribution in [0.5, 0.6) is 0 Å². The molecule has 154 valence electrons. The highest BCUT2D eigenvalue weighted by molar-refractivity contribution is 8.26. The quantitative estimate of drug-likeness (QED) is 0.339.